The number of ether oxygens (including phenoxy) is 1. The number of nitrogens with one attached hydrogen (secondary N) is 1. The van der Waals surface area contributed by atoms with Crippen molar-refractivity contribution in [3.8, 4) is 5.75 Å². The lowest BCUT2D eigenvalue weighted by atomic mass is 10.2. The summed E-state index contributed by atoms with van der Waals surface area (Å²) >= 11 is 0. The molecule has 0 unspecified atom stereocenters. The van der Waals surface area contributed by atoms with Gasteiger partial charge < -0.3 is 15.0 Å². The van der Waals surface area contributed by atoms with Crippen LogP contribution in [0.5, 0.6) is 5.75 Å². The average molecular weight is 383 g/mol. The zero-order valence-electron chi connectivity index (χ0n) is 16.9. The molecule has 1 N–H and O–H groups in total. The smallest absolute Gasteiger partial charge is 0.251 e. The van der Waals surface area contributed by atoms with Crippen LogP contribution in [0.25, 0.3) is 0 Å². The van der Waals surface area contributed by atoms with Gasteiger partial charge in [0, 0.05) is 24.3 Å². The van der Waals surface area contributed by atoms with Crippen molar-refractivity contribution in [1.29, 1.82) is 0 Å². The SMILES string of the molecule is CCCCCOc1ccc(C(=O)NCc2cc(C)nc(N3CCCC3)n2)cc1. The van der Waals surface area contributed by atoms with Crippen molar-refractivity contribution >= 4 is 11.9 Å². The average Bonchev–Trinajstić information content (AvgIpc) is 3.24. The van der Waals surface area contributed by atoms with Crippen LogP contribution >= 0.6 is 0 Å². The fourth-order valence-electron chi connectivity index (χ4n) is 3.28. The maximum atomic E-state index is 12.4. The maximum Gasteiger partial charge on any atom is 0.251 e. The lowest BCUT2D eigenvalue weighted by molar-refractivity contribution is 0.0950. The van der Waals surface area contributed by atoms with E-state index in [1.807, 2.05) is 25.1 Å². The molecule has 28 heavy (non-hydrogen) atoms. The molecule has 6 nitrogen and oxygen atoms in total. The minimum absolute atomic E-state index is 0.114. The van der Waals surface area contributed by atoms with E-state index >= 15 is 0 Å². The topological polar surface area (TPSA) is 67.3 Å². The number of hydrogen-bond donors (Lipinski definition) is 1. The van der Waals surface area contributed by atoms with Crippen molar-refractivity contribution in [2.75, 3.05) is 24.6 Å². The number of nitrogens with zero attached hydrogens (tertiary/aromatic N) is 3. The van der Waals surface area contributed by atoms with Gasteiger partial charge in [0.25, 0.3) is 5.91 Å². The summed E-state index contributed by atoms with van der Waals surface area (Å²) in [7, 11) is 0. The fourth-order valence-corrected chi connectivity index (χ4v) is 3.28. The fraction of sp³-hybridized carbons (Fsp3) is 0.500. The molecule has 1 amide bonds. The van der Waals surface area contributed by atoms with Gasteiger partial charge in [0.05, 0.1) is 18.8 Å². The summed E-state index contributed by atoms with van der Waals surface area (Å²) in [5.41, 5.74) is 2.37. The van der Waals surface area contributed by atoms with E-state index in [9.17, 15) is 4.79 Å². The molecule has 1 fully saturated rings. The van der Waals surface area contributed by atoms with Gasteiger partial charge >= 0.3 is 0 Å². The van der Waals surface area contributed by atoms with Crippen molar-refractivity contribution in [2.45, 2.75) is 52.5 Å². The molecule has 0 spiro atoms. The number of aromatic nitrogens is 2. The molecule has 0 aliphatic carbocycles. The van der Waals surface area contributed by atoms with Gasteiger partial charge in [0.15, 0.2) is 0 Å². The lowest BCUT2D eigenvalue weighted by Gasteiger charge is -2.16. The normalized spacial score (nSPS) is 13.6. The van der Waals surface area contributed by atoms with E-state index < -0.39 is 0 Å². The number of hydrogen-bond acceptors (Lipinski definition) is 5. The molecule has 0 atom stereocenters. The summed E-state index contributed by atoms with van der Waals surface area (Å²) in [6.45, 7) is 7.24. The molecule has 0 radical (unpaired) electrons. The Morgan fingerprint density at radius 2 is 1.89 bits per heavy atom. The Hall–Kier alpha value is -2.63. The quantitative estimate of drug-likeness (QED) is 0.667. The number of rotatable bonds is 9. The van der Waals surface area contributed by atoms with E-state index in [1.54, 1.807) is 12.1 Å². The summed E-state index contributed by atoms with van der Waals surface area (Å²) in [5.74, 6) is 1.46. The first-order chi connectivity index (χ1) is 13.7. The van der Waals surface area contributed by atoms with Gasteiger partial charge in [0.1, 0.15) is 5.75 Å². The number of carbonyl (C=O) groups excluding carboxylic acids is 1. The van der Waals surface area contributed by atoms with Crippen LogP contribution in [0, 0.1) is 6.92 Å². The second-order valence-electron chi connectivity index (χ2n) is 7.26. The molecule has 150 valence electrons. The van der Waals surface area contributed by atoms with Crippen molar-refractivity contribution in [2.24, 2.45) is 0 Å². The molecule has 2 aromatic rings. The highest BCUT2D eigenvalue weighted by atomic mass is 16.5. The van der Waals surface area contributed by atoms with Crippen molar-refractivity contribution in [3.63, 3.8) is 0 Å². The Morgan fingerprint density at radius 1 is 1.14 bits per heavy atom. The van der Waals surface area contributed by atoms with Crippen LogP contribution < -0.4 is 15.0 Å². The summed E-state index contributed by atoms with van der Waals surface area (Å²) in [5, 5.41) is 2.95. The van der Waals surface area contributed by atoms with Crippen molar-refractivity contribution < 1.29 is 9.53 Å². The van der Waals surface area contributed by atoms with Crippen LogP contribution in [0.15, 0.2) is 30.3 Å². The van der Waals surface area contributed by atoms with E-state index in [2.05, 4.69) is 27.1 Å². The van der Waals surface area contributed by atoms with E-state index in [0.717, 1.165) is 42.6 Å². The zero-order valence-corrected chi connectivity index (χ0v) is 16.9. The molecule has 3 rings (SSSR count). The Labute approximate surface area is 167 Å². The molecule has 1 aromatic carbocycles. The van der Waals surface area contributed by atoms with Gasteiger partial charge in [-0.1, -0.05) is 19.8 Å². The first kappa shape index (κ1) is 20.1. The minimum atomic E-state index is -0.114. The van der Waals surface area contributed by atoms with Gasteiger partial charge in [-0.25, -0.2) is 9.97 Å². The molecule has 0 saturated carbocycles. The molecular weight excluding hydrogens is 352 g/mol. The summed E-state index contributed by atoms with van der Waals surface area (Å²) in [6.07, 6.45) is 5.76. The second kappa shape index (κ2) is 10.1. The number of benzene rings is 1. The first-order valence-corrected chi connectivity index (χ1v) is 10.3. The predicted molar refractivity (Wildman–Crippen MR) is 111 cm³/mol. The van der Waals surface area contributed by atoms with Gasteiger partial charge in [-0.3, -0.25) is 4.79 Å². The van der Waals surface area contributed by atoms with Crippen LogP contribution in [0.4, 0.5) is 5.95 Å². The number of carbonyl (C=O) groups is 1. The van der Waals surface area contributed by atoms with Crippen LogP contribution in [0.3, 0.4) is 0 Å². The maximum absolute atomic E-state index is 12.4. The van der Waals surface area contributed by atoms with Gasteiger partial charge in [-0.05, 0) is 56.5 Å². The Bertz CT molecular complexity index is 771. The number of amides is 1. The van der Waals surface area contributed by atoms with E-state index in [-0.39, 0.29) is 5.91 Å². The molecule has 1 aliphatic heterocycles. The molecule has 1 aromatic heterocycles. The van der Waals surface area contributed by atoms with Crippen LogP contribution in [0.1, 0.15) is 60.8 Å². The molecular formula is C22H30N4O2. The lowest BCUT2D eigenvalue weighted by Crippen LogP contribution is -2.25. The Balaban J connectivity index is 1.53. The molecule has 0 bridgehead atoms. The third-order valence-corrected chi connectivity index (χ3v) is 4.85. The van der Waals surface area contributed by atoms with Gasteiger partial charge in [-0.2, -0.15) is 0 Å². The first-order valence-electron chi connectivity index (χ1n) is 10.3. The van der Waals surface area contributed by atoms with Crippen molar-refractivity contribution in [3.05, 3.63) is 47.3 Å². The highest BCUT2D eigenvalue weighted by Gasteiger charge is 2.16. The van der Waals surface area contributed by atoms with Gasteiger partial charge in [0.2, 0.25) is 5.95 Å². The molecule has 6 heteroatoms. The number of anilines is 1. The Morgan fingerprint density at radius 3 is 2.61 bits per heavy atom. The Kier molecular flexibility index (Phi) is 7.23. The standard InChI is InChI=1S/C22H30N4O2/c1-3-4-7-14-28-20-10-8-18(9-11-20)21(27)23-16-19-15-17(2)24-22(25-19)26-12-5-6-13-26/h8-11,15H,3-7,12-14,16H2,1-2H3,(H,23,27). The van der Waals surface area contributed by atoms with E-state index in [4.69, 9.17) is 4.74 Å². The monoisotopic (exact) mass is 382 g/mol. The second-order valence-corrected chi connectivity index (χ2v) is 7.26. The van der Waals surface area contributed by atoms with Crippen LogP contribution in [-0.4, -0.2) is 35.6 Å². The summed E-state index contributed by atoms with van der Waals surface area (Å²) in [4.78, 5) is 23.8. The highest BCUT2D eigenvalue weighted by molar-refractivity contribution is 5.94. The largest absolute Gasteiger partial charge is 0.494 e. The molecule has 1 aliphatic rings. The van der Waals surface area contributed by atoms with E-state index in [0.29, 0.717) is 18.7 Å². The van der Waals surface area contributed by atoms with Gasteiger partial charge in [-0.15, -0.1) is 0 Å². The number of aryl methyl sites for hydroxylation is 1. The zero-order chi connectivity index (χ0) is 19.8. The highest BCUT2D eigenvalue weighted by Crippen LogP contribution is 2.17. The third-order valence-electron chi connectivity index (χ3n) is 4.85. The van der Waals surface area contributed by atoms with Crippen molar-refractivity contribution in [1.82, 2.24) is 15.3 Å². The summed E-state index contributed by atoms with van der Waals surface area (Å²) in [6, 6.07) is 9.21. The number of unbranched alkanes of at least 4 members (excludes halogenated alkanes) is 2. The minimum Gasteiger partial charge on any atom is -0.494 e. The van der Waals surface area contributed by atoms with E-state index in [1.165, 1.54) is 25.7 Å². The molecule has 1 saturated heterocycles. The predicted octanol–water partition coefficient (Wildman–Crippen LogP) is 3.88. The van der Waals surface area contributed by atoms with Crippen LogP contribution in [0.2, 0.25) is 0 Å². The van der Waals surface area contributed by atoms with Crippen LogP contribution in [-0.2, 0) is 6.54 Å². The summed E-state index contributed by atoms with van der Waals surface area (Å²) < 4.78 is 5.69. The third kappa shape index (κ3) is 5.68. The molecule has 2 heterocycles.